The van der Waals surface area contributed by atoms with Crippen LogP contribution in [0, 0.1) is 0 Å². The average molecular weight is 495 g/mol. The van der Waals surface area contributed by atoms with Crippen LogP contribution in [-0.2, 0) is 34.1 Å². The Hall–Kier alpha value is -2.88. The molecule has 1 heterocycles. The van der Waals surface area contributed by atoms with Gasteiger partial charge in [0, 0.05) is 11.6 Å². The molecule has 0 saturated carbocycles. The predicted molar refractivity (Wildman–Crippen MR) is 118 cm³/mol. The fourth-order valence-electron chi connectivity index (χ4n) is 3.67. The van der Waals surface area contributed by atoms with Crippen LogP contribution in [-0.4, -0.2) is 25.2 Å². The number of fused-ring (bicyclic) bond motifs is 1. The van der Waals surface area contributed by atoms with Crippen molar-refractivity contribution in [3.05, 3.63) is 94.5 Å². The molecule has 0 saturated heterocycles. The predicted octanol–water partition coefficient (Wildman–Crippen LogP) is 5.10. The number of carbonyl (C=O) groups is 1. The van der Waals surface area contributed by atoms with Gasteiger partial charge in [0.1, 0.15) is 4.90 Å². The summed E-state index contributed by atoms with van der Waals surface area (Å²) in [7, 11) is -4.07. The molecule has 4 rings (SSSR count). The van der Waals surface area contributed by atoms with Gasteiger partial charge in [-0.25, -0.2) is 8.42 Å². The van der Waals surface area contributed by atoms with Crippen molar-refractivity contribution in [2.45, 2.75) is 24.2 Å². The van der Waals surface area contributed by atoms with E-state index in [-0.39, 0.29) is 29.2 Å². The molecular formula is C23H18ClF3N2O3S. The van der Waals surface area contributed by atoms with E-state index in [0.29, 0.717) is 10.6 Å². The number of hydrogen-bond acceptors (Lipinski definition) is 3. The summed E-state index contributed by atoms with van der Waals surface area (Å²) in [5.41, 5.74) is 0.107. The normalized spacial score (nSPS) is 16.4. The fraction of sp³-hybridized carbons (Fsp3) is 0.174. The molecule has 0 atom stereocenters. The highest BCUT2D eigenvalue weighted by atomic mass is 35.5. The van der Waals surface area contributed by atoms with E-state index in [1.54, 1.807) is 30.3 Å². The van der Waals surface area contributed by atoms with E-state index in [4.69, 9.17) is 11.6 Å². The Morgan fingerprint density at radius 1 is 0.879 bits per heavy atom. The second kappa shape index (κ2) is 8.81. The minimum atomic E-state index is -4.53. The van der Waals surface area contributed by atoms with Crippen LogP contribution in [0.5, 0.6) is 0 Å². The number of sulfonamides is 1. The van der Waals surface area contributed by atoms with Gasteiger partial charge >= 0.3 is 6.18 Å². The van der Waals surface area contributed by atoms with Crippen LogP contribution in [0.25, 0.3) is 0 Å². The van der Waals surface area contributed by atoms with Crippen molar-refractivity contribution in [2.75, 3.05) is 11.4 Å². The lowest BCUT2D eigenvalue weighted by molar-refractivity contribution is -0.137. The molecule has 10 heteroatoms. The van der Waals surface area contributed by atoms with E-state index in [2.05, 4.69) is 0 Å². The highest BCUT2D eigenvalue weighted by molar-refractivity contribution is 7.89. The van der Waals surface area contributed by atoms with Gasteiger partial charge in [0.25, 0.3) is 0 Å². The third kappa shape index (κ3) is 4.90. The number of benzene rings is 3. The van der Waals surface area contributed by atoms with Crippen molar-refractivity contribution in [3.8, 4) is 0 Å². The molecule has 3 aromatic carbocycles. The molecule has 0 N–H and O–H groups in total. The number of anilines is 1. The van der Waals surface area contributed by atoms with Crippen LogP contribution < -0.4 is 4.90 Å². The lowest BCUT2D eigenvalue weighted by atomic mass is 10.1. The van der Waals surface area contributed by atoms with Crippen LogP contribution in [0.2, 0.25) is 5.02 Å². The summed E-state index contributed by atoms with van der Waals surface area (Å²) in [6, 6.07) is 17.2. The Balaban J connectivity index is 1.73. The van der Waals surface area contributed by atoms with E-state index in [9.17, 15) is 26.4 Å². The lowest BCUT2D eigenvalue weighted by Crippen LogP contribution is -2.38. The third-order valence-electron chi connectivity index (χ3n) is 5.23. The second-order valence-corrected chi connectivity index (χ2v) is 9.89. The van der Waals surface area contributed by atoms with Gasteiger partial charge in [-0.2, -0.15) is 17.5 Å². The van der Waals surface area contributed by atoms with E-state index < -0.39 is 34.2 Å². The summed E-state index contributed by atoms with van der Waals surface area (Å²) in [5.74, 6) is -0.553. The molecule has 0 unspecified atom stereocenters. The molecule has 1 aliphatic rings. The lowest BCUT2D eigenvalue weighted by Gasteiger charge is -2.22. The molecule has 0 radical (unpaired) electrons. The van der Waals surface area contributed by atoms with Crippen LogP contribution >= 0.6 is 11.6 Å². The van der Waals surface area contributed by atoms with E-state index >= 15 is 0 Å². The SMILES string of the molecule is O=C1CN(Cc2cccc(Cl)c2)S(=O)(=O)c2ccccc2N1Cc1cccc(C(F)(F)F)c1. The fourth-order valence-corrected chi connectivity index (χ4v) is 5.46. The molecule has 5 nitrogen and oxygen atoms in total. The number of para-hydroxylation sites is 1. The topological polar surface area (TPSA) is 57.7 Å². The van der Waals surface area contributed by atoms with Crippen molar-refractivity contribution < 1.29 is 26.4 Å². The van der Waals surface area contributed by atoms with Gasteiger partial charge in [-0.3, -0.25) is 4.79 Å². The van der Waals surface area contributed by atoms with Crippen LogP contribution in [0.1, 0.15) is 16.7 Å². The van der Waals surface area contributed by atoms with Crippen molar-refractivity contribution in [1.82, 2.24) is 4.31 Å². The molecule has 0 fully saturated rings. The third-order valence-corrected chi connectivity index (χ3v) is 7.30. The Labute approximate surface area is 194 Å². The maximum Gasteiger partial charge on any atom is 0.416 e. The Morgan fingerprint density at radius 3 is 2.24 bits per heavy atom. The first kappa shape index (κ1) is 23.3. The maximum absolute atomic E-state index is 13.4. The first-order valence-electron chi connectivity index (χ1n) is 9.86. The van der Waals surface area contributed by atoms with Gasteiger partial charge in [-0.15, -0.1) is 0 Å². The highest BCUT2D eigenvalue weighted by Gasteiger charge is 2.37. The minimum absolute atomic E-state index is 0.0830. The van der Waals surface area contributed by atoms with Crippen molar-refractivity contribution in [1.29, 1.82) is 0 Å². The number of rotatable bonds is 4. The molecule has 172 valence electrons. The summed E-state index contributed by atoms with van der Waals surface area (Å²) in [4.78, 5) is 14.3. The number of alkyl halides is 3. The molecule has 0 bridgehead atoms. The largest absolute Gasteiger partial charge is 0.416 e. The highest BCUT2D eigenvalue weighted by Crippen LogP contribution is 2.34. The Morgan fingerprint density at radius 2 is 1.55 bits per heavy atom. The number of halogens is 4. The molecule has 0 aromatic heterocycles. The smallest absolute Gasteiger partial charge is 0.305 e. The summed E-state index contributed by atoms with van der Waals surface area (Å²) in [6.07, 6.45) is -4.53. The van der Waals surface area contributed by atoms with Gasteiger partial charge in [0.05, 0.1) is 24.3 Å². The Kier molecular flexibility index (Phi) is 6.22. The number of nitrogens with zero attached hydrogens (tertiary/aromatic N) is 2. The van der Waals surface area contributed by atoms with Crippen molar-refractivity contribution in [2.24, 2.45) is 0 Å². The summed E-state index contributed by atoms with van der Waals surface area (Å²) in [5, 5.41) is 0.428. The van der Waals surface area contributed by atoms with Gasteiger partial charge in [-0.1, -0.05) is 48.0 Å². The average Bonchev–Trinajstić information content (AvgIpc) is 2.83. The van der Waals surface area contributed by atoms with Gasteiger partial charge in [0.2, 0.25) is 15.9 Å². The van der Waals surface area contributed by atoms with E-state index in [1.807, 2.05) is 0 Å². The van der Waals surface area contributed by atoms with Gasteiger partial charge in [0.15, 0.2) is 0 Å². The summed E-state index contributed by atoms with van der Waals surface area (Å²) >= 11 is 6.01. The Bertz CT molecular complexity index is 1310. The zero-order valence-electron chi connectivity index (χ0n) is 17.1. The molecule has 1 amide bonds. The second-order valence-electron chi connectivity index (χ2n) is 7.55. The minimum Gasteiger partial charge on any atom is -0.305 e. The molecule has 3 aromatic rings. The van der Waals surface area contributed by atoms with Crippen molar-refractivity contribution >= 4 is 33.2 Å². The molecule has 0 spiro atoms. The summed E-state index contributed by atoms with van der Waals surface area (Å²) in [6.45, 7) is -0.761. The molecule has 33 heavy (non-hydrogen) atoms. The molecule has 1 aliphatic heterocycles. The van der Waals surface area contributed by atoms with E-state index in [0.717, 1.165) is 16.4 Å². The van der Waals surface area contributed by atoms with Gasteiger partial charge < -0.3 is 4.90 Å². The monoisotopic (exact) mass is 494 g/mol. The van der Waals surface area contributed by atoms with E-state index in [1.165, 1.54) is 35.2 Å². The molecular weight excluding hydrogens is 477 g/mol. The zero-order valence-corrected chi connectivity index (χ0v) is 18.7. The van der Waals surface area contributed by atoms with Crippen LogP contribution in [0.3, 0.4) is 0 Å². The first-order chi connectivity index (χ1) is 15.6. The first-order valence-corrected chi connectivity index (χ1v) is 11.7. The standard InChI is InChI=1S/C23H18ClF3N2O3S/c24-19-8-4-6-17(12-19)13-28-15-22(30)29(20-9-1-2-10-21(20)33(28,31)32)14-16-5-3-7-18(11-16)23(25,26)27/h1-12H,13-15H2. The number of hydrogen-bond donors (Lipinski definition) is 0. The van der Waals surface area contributed by atoms with Crippen molar-refractivity contribution in [3.63, 3.8) is 0 Å². The number of carbonyl (C=O) groups excluding carboxylic acids is 1. The maximum atomic E-state index is 13.4. The molecule has 0 aliphatic carbocycles. The number of amides is 1. The zero-order chi connectivity index (χ0) is 23.8. The van der Waals surface area contributed by atoms with Crippen LogP contribution in [0.4, 0.5) is 18.9 Å². The van der Waals surface area contributed by atoms with Crippen LogP contribution in [0.15, 0.2) is 77.7 Å². The quantitative estimate of drug-likeness (QED) is 0.507. The van der Waals surface area contributed by atoms with Gasteiger partial charge in [-0.05, 0) is 47.5 Å². The summed E-state index contributed by atoms with van der Waals surface area (Å²) < 4.78 is 67.3.